The zero-order valence-corrected chi connectivity index (χ0v) is 29.1. The Kier molecular flexibility index (Phi) is 6.65. The Balaban J connectivity index is 1.03. The molecule has 0 amide bonds. The van der Waals surface area contributed by atoms with Gasteiger partial charge in [0.05, 0.1) is 16.7 Å². The van der Waals surface area contributed by atoms with Crippen molar-refractivity contribution in [3.63, 3.8) is 0 Å². The second-order valence-corrected chi connectivity index (χ2v) is 14.2. The molecular weight excluding hydrogens is 641 g/mol. The number of aromatic nitrogens is 1. The minimum atomic E-state index is 0.862. The first-order valence-electron chi connectivity index (χ1n) is 18.4. The zero-order chi connectivity index (χ0) is 34.9. The molecule has 0 atom stereocenters. The summed E-state index contributed by atoms with van der Waals surface area (Å²) in [5.41, 5.74) is 14.9. The molecule has 1 aliphatic heterocycles. The molecule has 0 unspecified atom stereocenters. The maximum atomic E-state index is 2.48. The fourth-order valence-electron chi connectivity index (χ4n) is 8.62. The number of anilines is 3. The maximum absolute atomic E-state index is 2.48. The van der Waals surface area contributed by atoms with E-state index in [9.17, 15) is 0 Å². The maximum Gasteiger partial charge on any atom is 0.0541 e. The van der Waals surface area contributed by atoms with Gasteiger partial charge < -0.3 is 9.47 Å². The van der Waals surface area contributed by atoms with Crippen molar-refractivity contribution in [3.05, 3.63) is 205 Å². The fraction of sp³-hybridized carbons (Fsp3) is 0.0196. The van der Waals surface area contributed by atoms with E-state index in [0.29, 0.717) is 0 Å². The van der Waals surface area contributed by atoms with E-state index in [-0.39, 0.29) is 0 Å². The predicted molar refractivity (Wildman–Crippen MR) is 224 cm³/mol. The third-order valence-corrected chi connectivity index (χ3v) is 11.2. The summed E-state index contributed by atoms with van der Waals surface area (Å²) in [5.74, 6) is 0. The van der Waals surface area contributed by atoms with Crippen molar-refractivity contribution in [2.45, 2.75) is 6.42 Å². The number of fused-ring (bicyclic) bond motifs is 7. The molecule has 0 saturated heterocycles. The van der Waals surface area contributed by atoms with Crippen molar-refractivity contribution >= 4 is 60.4 Å². The lowest BCUT2D eigenvalue weighted by molar-refractivity contribution is 1.09. The van der Waals surface area contributed by atoms with E-state index in [1.54, 1.807) is 0 Å². The molecule has 2 heteroatoms. The van der Waals surface area contributed by atoms with Crippen LogP contribution in [0.1, 0.15) is 11.1 Å². The van der Waals surface area contributed by atoms with Gasteiger partial charge in [-0.1, -0.05) is 133 Å². The first-order valence-corrected chi connectivity index (χ1v) is 18.4. The Morgan fingerprint density at radius 1 is 0.321 bits per heavy atom. The van der Waals surface area contributed by atoms with Crippen LogP contribution in [0.2, 0.25) is 0 Å². The Morgan fingerprint density at radius 3 is 1.53 bits per heavy atom. The third kappa shape index (κ3) is 4.80. The van der Waals surface area contributed by atoms with Gasteiger partial charge in [-0.25, -0.2) is 0 Å². The molecule has 9 aromatic carbocycles. The van der Waals surface area contributed by atoms with Crippen LogP contribution < -0.4 is 4.90 Å². The smallest absolute Gasteiger partial charge is 0.0541 e. The van der Waals surface area contributed by atoms with Crippen LogP contribution in [0.4, 0.5) is 17.1 Å². The van der Waals surface area contributed by atoms with Gasteiger partial charge in [0.2, 0.25) is 0 Å². The predicted octanol–water partition coefficient (Wildman–Crippen LogP) is 13.8. The summed E-state index contributed by atoms with van der Waals surface area (Å²) in [4.78, 5) is 2.48. The van der Waals surface area contributed by atoms with Crippen LogP contribution in [0.15, 0.2) is 194 Å². The van der Waals surface area contributed by atoms with Gasteiger partial charge in [-0.15, -0.1) is 0 Å². The molecule has 2 nitrogen and oxygen atoms in total. The van der Waals surface area contributed by atoms with Gasteiger partial charge in [0.15, 0.2) is 0 Å². The Labute approximate surface area is 308 Å². The summed E-state index contributed by atoms with van der Waals surface area (Å²) in [6, 6.07) is 71.3. The van der Waals surface area contributed by atoms with E-state index in [4.69, 9.17) is 0 Å². The molecule has 0 spiro atoms. The van der Waals surface area contributed by atoms with E-state index in [1.165, 1.54) is 99.5 Å². The van der Waals surface area contributed by atoms with Crippen molar-refractivity contribution < 1.29 is 0 Å². The number of para-hydroxylation sites is 2. The van der Waals surface area contributed by atoms with Crippen LogP contribution in [0, 0.1) is 0 Å². The van der Waals surface area contributed by atoms with Gasteiger partial charge in [-0.2, -0.15) is 0 Å². The third-order valence-electron chi connectivity index (χ3n) is 11.2. The second-order valence-electron chi connectivity index (χ2n) is 14.2. The van der Waals surface area contributed by atoms with Crippen molar-refractivity contribution in [2.75, 3.05) is 4.90 Å². The van der Waals surface area contributed by atoms with E-state index in [1.807, 2.05) is 0 Å². The topological polar surface area (TPSA) is 8.17 Å². The summed E-state index contributed by atoms with van der Waals surface area (Å²) >= 11 is 0. The van der Waals surface area contributed by atoms with Crippen LogP contribution in [0.3, 0.4) is 0 Å². The molecule has 0 aliphatic carbocycles. The molecule has 0 N–H and O–H groups in total. The summed E-state index contributed by atoms with van der Waals surface area (Å²) in [6.07, 6.45) is 0.862. The van der Waals surface area contributed by atoms with Gasteiger partial charge in [0.1, 0.15) is 0 Å². The number of rotatable bonds is 4. The van der Waals surface area contributed by atoms with Crippen molar-refractivity contribution in [2.24, 2.45) is 0 Å². The number of nitrogens with zero attached hydrogens (tertiary/aromatic N) is 2. The van der Waals surface area contributed by atoms with Gasteiger partial charge >= 0.3 is 0 Å². The quantitative estimate of drug-likeness (QED) is 0.180. The highest BCUT2D eigenvalue weighted by Gasteiger charge is 2.26. The minimum Gasteiger partial charge on any atom is -0.309 e. The second kappa shape index (κ2) is 11.8. The largest absolute Gasteiger partial charge is 0.309 e. The highest BCUT2D eigenvalue weighted by atomic mass is 15.2. The van der Waals surface area contributed by atoms with Crippen LogP contribution in [-0.4, -0.2) is 4.57 Å². The number of hydrogen-bond donors (Lipinski definition) is 0. The highest BCUT2D eigenvalue weighted by Crippen LogP contribution is 2.48. The molecule has 2 heterocycles. The molecular formula is C51H34N2. The Hall–Kier alpha value is -6.90. The highest BCUT2D eigenvalue weighted by molar-refractivity contribution is 6.09. The molecule has 248 valence electrons. The molecule has 1 aliphatic rings. The average molecular weight is 675 g/mol. The van der Waals surface area contributed by atoms with Gasteiger partial charge in [-0.05, 0) is 110 Å². The molecule has 0 radical (unpaired) electrons. The summed E-state index contributed by atoms with van der Waals surface area (Å²) in [5, 5.41) is 7.58. The van der Waals surface area contributed by atoms with E-state index in [0.717, 1.165) is 6.42 Å². The number of benzene rings is 9. The zero-order valence-electron chi connectivity index (χ0n) is 29.1. The minimum absolute atomic E-state index is 0.862. The molecule has 11 rings (SSSR count). The first-order chi connectivity index (χ1) is 26.3. The van der Waals surface area contributed by atoms with E-state index in [2.05, 4.69) is 204 Å². The monoisotopic (exact) mass is 674 g/mol. The SMILES string of the molecule is c1ccc2cc(-c3ccc4c(c3)Cc3cc(-c5ccc(-n6c7ccccc7c7ccccc76)cc5)ccc3N4c3cccc4ccccc34)ccc2c1. The van der Waals surface area contributed by atoms with Gasteiger partial charge in [0, 0.05) is 39.6 Å². The average Bonchev–Trinajstić information content (AvgIpc) is 3.56. The lowest BCUT2D eigenvalue weighted by Gasteiger charge is -2.35. The molecule has 10 aromatic rings. The summed E-state index contributed by atoms with van der Waals surface area (Å²) in [6.45, 7) is 0. The summed E-state index contributed by atoms with van der Waals surface area (Å²) < 4.78 is 2.38. The van der Waals surface area contributed by atoms with Gasteiger partial charge in [0.25, 0.3) is 0 Å². The normalized spacial score (nSPS) is 12.4. The molecule has 0 fully saturated rings. The molecule has 0 saturated carbocycles. The lowest BCUT2D eigenvalue weighted by atomic mass is 9.89. The van der Waals surface area contributed by atoms with Crippen LogP contribution >= 0.6 is 0 Å². The molecule has 0 bridgehead atoms. The molecule has 1 aromatic heterocycles. The van der Waals surface area contributed by atoms with Crippen LogP contribution in [-0.2, 0) is 6.42 Å². The van der Waals surface area contributed by atoms with E-state index < -0.39 is 0 Å². The van der Waals surface area contributed by atoms with Gasteiger partial charge in [-0.3, -0.25) is 0 Å². The lowest BCUT2D eigenvalue weighted by Crippen LogP contribution is -2.19. The Bertz CT molecular complexity index is 2980. The fourth-order valence-corrected chi connectivity index (χ4v) is 8.62. The van der Waals surface area contributed by atoms with Crippen molar-refractivity contribution in [1.82, 2.24) is 4.57 Å². The summed E-state index contributed by atoms with van der Waals surface area (Å²) in [7, 11) is 0. The van der Waals surface area contributed by atoms with Crippen LogP contribution in [0.5, 0.6) is 0 Å². The standard InChI is InChI=1S/C51H34N2/c1-2-12-37-30-39(21-20-34(37)10-1)40-25-29-48-42(32-40)33-41-31-38(24-28-47(41)53(48)49-19-9-13-36-11-3-4-14-44(36)49)35-22-26-43(27-23-35)52-50-17-7-5-15-45(50)46-16-6-8-18-51(46)52/h1-32H,33H2. The van der Waals surface area contributed by atoms with E-state index >= 15 is 0 Å². The molecule has 53 heavy (non-hydrogen) atoms. The van der Waals surface area contributed by atoms with Crippen molar-refractivity contribution in [1.29, 1.82) is 0 Å². The first kappa shape index (κ1) is 29.8. The van der Waals surface area contributed by atoms with Crippen LogP contribution in [0.25, 0.3) is 71.3 Å². The number of hydrogen-bond acceptors (Lipinski definition) is 1. The Morgan fingerprint density at radius 2 is 0.830 bits per heavy atom. The van der Waals surface area contributed by atoms with Crippen molar-refractivity contribution in [3.8, 4) is 27.9 Å².